The first-order valence-electron chi connectivity index (χ1n) is 8.69. The molecule has 5 rings (SSSR count). The van der Waals surface area contributed by atoms with Crippen LogP contribution in [-0.2, 0) is 23.7 Å². The number of ether oxygens (including phenoxy) is 4. The van der Waals surface area contributed by atoms with Crippen LogP contribution in [0.1, 0.15) is 34.1 Å². The molecule has 7 atom stereocenters. The molecule has 1 saturated carbocycles. The van der Waals surface area contributed by atoms with E-state index in [4.69, 9.17) is 18.9 Å². The number of aliphatic hydroxyl groups is 1. The lowest BCUT2D eigenvalue weighted by Gasteiger charge is -2.62. The minimum absolute atomic E-state index is 0.0110. The molecule has 0 amide bonds. The number of carbonyl (C=O) groups excluding carboxylic acids is 1. The van der Waals surface area contributed by atoms with Crippen LogP contribution < -0.4 is 0 Å². The third-order valence-electron chi connectivity index (χ3n) is 7.20. The van der Waals surface area contributed by atoms with Crippen molar-refractivity contribution in [3.05, 3.63) is 11.6 Å². The summed E-state index contributed by atoms with van der Waals surface area (Å²) < 4.78 is 24.4. The molecule has 0 aromatic carbocycles. The van der Waals surface area contributed by atoms with E-state index in [1.165, 1.54) is 0 Å². The quantitative estimate of drug-likeness (QED) is 0.664. The highest BCUT2D eigenvalue weighted by atomic mass is 16.7. The number of Topliss-reactive ketones (excluding diaryl/α,β-unsaturated/α-hetero) is 1. The highest BCUT2D eigenvalue weighted by molar-refractivity contribution is 6.00. The smallest absolute Gasteiger partial charge is 0.187 e. The van der Waals surface area contributed by atoms with Gasteiger partial charge in [0.25, 0.3) is 0 Å². The van der Waals surface area contributed by atoms with Crippen molar-refractivity contribution in [1.82, 2.24) is 0 Å². The summed E-state index contributed by atoms with van der Waals surface area (Å²) in [5.74, 6) is -0.835. The van der Waals surface area contributed by atoms with E-state index in [2.05, 4.69) is 6.92 Å². The predicted octanol–water partition coefficient (Wildman–Crippen LogP) is 0.961. The molecule has 3 heterocycles. The number of epoxide rings is 1. The Hall–Kier alpha value is -0.790. The molecule has 6 nitrogen and oxygen atoms in total. The Morgan fingerprint density at radius 3 is 2.58 bits per heavy atom. The number of aliphatic hydroxyl groups excluding tert-OH is 1. The maximum Gasteiger partial charge on any atom is 0.187 e. The van der Waals surface area contributed by atoms with Gasteiger partial charge in [0, 0.05) is 5.41 Å². The molecule has 2 spiro atoms. The lowest BCUT2D eigenvalue weighted by atomic mass is 9.50. The van der Waals surface area contributed by atoms with Crippen molar-refractivity contribution in [2.75, 3.05) is 13.2 Å². The van der Waals surface area contributed by atoms with Crippen LogP contribution in [0.4, 0.5) is 0 Å². The van der Waals surface area contributed by atoms with E-state index in [-0.39, 0.29) is 18.0 Å². The molecule has 0 aromatic heterocycles. The second kappa shape index (κ2) is 4.13. The average Bonchev–Trinajstić information content (AvgIpc) is 3.26. The zero-order chi connectivity index (χ0) is 17.1. The first-order chi connectivity index (χ1) is 11.2. The lowest BCUT2D eigenvalue weighted by Crippen LogP contribution is -2.74. The lowest BCUT2D eigenvalue weighted by molar-refractivity contribution is -0.361. The first kappa shape index (κ1) is 15.5. The van der Waals surface area contributed by atoms with Gasteiger partial charge in [0.05, 0.1) is 30.8 Å². The van der Waals surface area contributed by atoms with Crippen LogP contribution in [0.5, 0.6) is 0 Å². The Morgan fingerprint density at radius 2 is 1.92 bits per heavy atom. The van der Waals surface area contributed by atoms with E-state index in [0.717, 1.165) is 0 Å². The van der Waals surface area contributed by atoms with Crippen LogP contribution in [0.25, 0.3) is 0 Å². The molecular weight excluding hydrogens is 312 g/mol. The molecule has 4 fully saturated rings. The van der Waals surface area contributed by atoms with E-state index in [1.807, 2.05) is 19.9 Å². The Labute approximate surface area is 141 Å². The van der Waals surface area contributed by atoms with E-state index in [0.29, 0.717) is 25.2 Å². The number of ketones is 1. The van der Waals surface area contributed by atoms with E-state index >= 15 is 0 Å². The highest BCUT2D eigenvalue weighted by Gasteiger charge is 2.84. The van der Waals surface area contributed by atoms with E-state index in [9.17, 15) is 9.90 Å². The predicted molar refractivity (Wildman–Crippen MR) is 82.2 cm³/mol. The third kappa shape index (κ3) is 1.45. The maximum atomic E-state index is 13.0. The van der Waals surface area contributed by atoms with Crippen molar-refractivity contribution in [1.29, 1.82) is 0 Å². The third-order valence-corrected chi connectivity index (χ3v) is 7.20. The van der Waals surface area contributed by atoms with Gasteiger partial charge in [-0.2, -0.15) is 0 Å². The molecule has 0 aromatic rings. The SMILES string of the molecule is CC1=C[C@H]2O[C@@H]3[C@H](O)CC(C)([C@]24COC(C)(C)O[C@@H]4C1=O)[C@]31CO1. The van der Waals surface area contributed by atoms with Gasteiger partial charge in [0.1, 0.15) is 17.8 Å². The molecule has 5 aliphatic rings. The summed E-state index contributed by atoms with van der Waals surface area (Å²) in [5.41, 5.74) is -0.997. The Kier molecular flexibility index (Phi) is 2.66. The molecule has 3 aliphatic heterocycles. The van der Waals surface area contributed by atoms with Crippen LogP contribution in [0.2, 0.25) is 0 Å². The van der Waals surface area contributed by atoms with Gasteiger partial charge >= 0.3 is 0 Å². The monoisotopic (exact) mass is 336 g/mol. The Balaban J connectivity index is 1.73. The van der Waals surface area contributed by atoms with Gasteiger partial charge in [-0.25, -0.2) is 0 Å². The normalized spacial score (nSPS) is 57.4. The summed E-state index contributed by atoms with van der Waals surface area (Å²) in [4.78, 5) is 13.0. The van der Waals surface area contributed by atoms with Crippen LogP contribution >= 0.6 is 0 Å². The molecule has 24 heavy (non-hydrogen) atoms. The number of rotatable bonds is 0. The molecule has 2 bridgehead atoms. The molecule has 6 heteroatoms. The van der Waals surface area contributed by atoms with E-state index in [1.54, 1.807) is 6.92 Å². The molecular formula is C18H24O6. The second-order valence-electron chi connectivity index (χ2n) is 8.70. The summed E-state index contributed by atoms with van der Waals surface area (Å²) in [6, 6.07) is 0. The minimum Gasteiger partial charge on any atom is -0.390 e. The maximum absolute atomic E-state index is 13.0. The Bertz CT molecular complexity index is 664. The van der Waals surface area contributed by atoms with Gasteiger partial charge in [-0.15, -0.1) is 0 Å². The van der Waals surface area contributed by atoms with Crippen molar-refractivity contribution < 1.29 is 28.8 Å². The van der Waals surface area contributed by atoms with Gasteiger partial charge < -0.3 is 24.1 Å². The average molecular weight is 336 g/mol. The van der Waals surface area contributed by atoms with Crippen molar-refractivity contribution in [3.8, 4) is 0 Å². The number of hydrogen-bond donors (Lipinski definition) is 1. The molecule has 1 unspecified atom stereocenters. The van der Waals surface area contributed by atoms with Crippen molar-refractivity contribution >= 4 is 5.78 Å². The fourth-order valence-corrected chi connectivity index (χ4v) is 5.72. The van der Waals surface area contributed by atoms with Crippen molar-refractivity contribution in [3.63, 3.8) is 0 Å². The van der Waals surface area contributed by atoms with Crippen LogP contribution in [0.15, 0.2) is 11.6 Å². The van der Waals surface area contributed by atoms with Gasteiger partial charge in [-0.1, -0.05) is 6.92 Å². The largest absolute Gasteiger partial charge is 0.390 e. The van der Waals surface area contributed by atoms with Crippen molar-refractivity contribution in [2.24, 2.45) is 10.8 Å². The van der Waals surface area contributed by atoms with Crippen molar-refractivity contribution in [2.45, 2.75) is 69.9 Å². The topological polar surface area (TPSA) is 77.5 Å². The van der Waals surface area contributed by atoms with Crippen LogP contribution in [0, 0.1) is 10.8 Å². The fraction of sp³-hybridized carbons (Fsp3) is 0.833. The fourth-order valence-electron chi connectivity index (χ4n) is 5.72. The summed E-state index contributed by atoms with van der Waals surface area (Å²) in [6.07, 6.45) is 0.495. The molecule has 2 aliphatic carbocycles. The number of hydrogen-bond acceptors (Lipinski definition) is 6. The van der Waals surface area contributed by atoms with Gasteiger partial charge in [0.2, 0.25) is 0 Å². The standard InChI is InChI=1S/C18H24O6/c1-9-5-11-17(7-21-15(2,3)24-14(17)12(9)20)16(4)6-10(19)13(23-11)18(16)8-22-18/h5,10-11,13-14,19H,6-8H2,1-4H3/t10-,11-,13-,14-,16?,17-,18+/m1/s1. The van der Waals surface area contributed by atoms with E-state index < -0.39 is 34.4 Å². The molecule has 0 radical (unpaired) electrons. The first-order valence-corrected chi connectivity index (χ1v) is 8.69. The molecule has 132 valence electrons. The zero-order valence-electron chi connectivity index (χ0n) is 14.5. The summed E-state index contributed by atoms with van der Waals surface area (Å²) in [5, 5.41) is 10.6. The molecule has 1 N–H and O–H groups in total. The van der Waals surface area contributed by atoms with Crippen LogP contribution in [-0.4, -0.2) is 59.9 Å². The highest BCUT2D eigenvalue weighted by Crippen LogP contribution is 2.72. The van der Waals surface area contributed by atoms with Gasteiger partial charge in [-0.05, 0) is 38.8 Å². The summed E-state index contributed by atoms with van der Waals surface area (Å²) in [7, 11) is 0. The Morgan fingerprint density at radius 1 is 1.21 bits per heavy atom. The second-order valence-corrected chi connectivity index (χ2v) is 8.70. The summed E-state index contributed by atoms with van der Waals surface area (Å²) >= 11 is 0. The minimum atomic E-state index is -0.824. The zero-order valence-corrected chi connectivity index (χ0v) is 14.5. The summed E-state index contributed by atoms with van der Waals surface area (Å²) in [6.45, 7) is 8.48. The van der Waals surface area contributed by atoms with Gasteiger partial charge in [-0.3, -0.25) is 4.79 Å². The number of carbonyl (C=O) groups is 1. The van der Waals surface area contributed by atoms with Gasteiger partial charge in [0.15, 0.2) is 11.6 Å². The molecule has 3 saturated heterocycles. The van der Waals surface area contributed by atoms with Crippen LogP contribution in [0.3, 0.4) is 0 Å².